The summed E-state index contributed by atoms with van der Waals surface area (Å²) in [7, 11) is 0. The Labute approximate surface area is 224 Å². The van der Waals surface area contributed by atoms with Crippen LogP contribution in [0.15, 0.2) is 47.3 Å². The van der Waals surface area contributed by atoms with Crippen molar-refractivity contribution in [2.45, 2.75) is 65.1 Å². The molecule has 1 saturated carbocycles. The highest BCUT2D eigenvalue weighted by molar-refractivity contribution is 6.01. The van der Waals surface area contributed by atoms with E-state index in [0.717, 1.165) is 21.4 Å². The van der Waals surface area contributed by atoms with Crippen LogP contribution in [0, 0.1) is 30.9 Å². The number of carbonyl (C=O) groups excluding carboxylic acids is 2. The summed E-state index contributed by atoms with van der Waals surface area (Å²) in [4.78, 5) is 26.4. The number of anilines is 1. The fourth-order valence-corrected chi connectivity index (χ4v) is 5.24. The van der Waals surface area contributed by atoms with Crippen LogP contribution in [0.2, 0.25) is 0 Å². The molecule has 2 heterocycles. The number of pyridine rings is 1. The van der Waals surface area contributed by atoms with Crippen molar-refractivity contribution in [3.63, 3.8) is 0 Å². The lowest BCUT2D eigenvalue weighted by Gasteiger charge is -2.34. The third kappa shape index (κ3) is 6.23. The van der Waals surface area contributed by atoms with Crippen LogP contribution in [-0.4, -0.2) is 29.2 Å². The van der Waals surface area contributed by atoms with Crippen LogP contribution in [0.4, 0.5) is 18.9 Å². The summed E-state index contributed by atoms with van der Waals surface area (Å²) >= 11 is 0. The number of rotatable bonds is 7. The summed E-state index contributed by atoms with van der Waals surface area (Å²) in [5.74, 6) is -2.98. The molecule has 1 aliphatic carbocycles. The van der Waals surface area contributed by atoms with E-state index in [4.69, 9.17) is 4.52 Å². The lowest BCUT2D eigenvalue weighted by atomic mass is 9.77. The predicted molar refractivity (Wildman–Crippen MR) is 138 cm³/mol. The smallest absolute Gasteiger partial charge is 0.391 e. The molecule has 1 unspecified atom stereocenters. The van der Waals surface area contributed by atoms with Crippen molar-refractivity contribution in [2.24, 2.45) is 11.8 Å². The third-order valence-corrected chi connectivity index (χ3v) is 7.49. The lowest BCUT2D eigenvalue weighted by molar-refractivity contribution is -0.611. The first-order valence-electron chi connectivity index (χ1n) is 12.9. The molecule has 2 amide bonds. The van der Waals surface area contributed by atoms with Crippen LogP contribution < -0.4 is 15.4 Å². The van der Waals surface area contributed by atoms with E-state index < -0.39 is 35.9 Å². The minimum Gasteiger partial charge on any atom is -0.618 e. The summed E-state index contributed by atoms with van der Waals surface area (Å²) < 4.78 is 45.4. The van der Waals surface area contributed by atoms with Crippen LogP contribution in [-0.2, 0) is 11.2 Å². The Hall–Kier alpha value is -3.89. The molecule has 1 atom stereocenters. The van der Waals surface area contributed by atoms with Gasteiger partial charge in [-0.1, -0.05) is 24.2 Å². The molecule has 4 rings (SSSR count). The first-order chi connectivity index (χ1) is 18.5. The molecule has 2 N–H and O–H groups in total. The summed E-state index contributed by atoms with van der Waals surface area (Å²) in [5.41, 5.74) is 4.12. The quantitative estimate of drug-likeness (QED) is 0.311. The second-order valence-corrected chi connectivity index (χ2v) is 9.98. The molecule has 0 saturated heterocycles. The number of aryl methyl sites for hydroxylation is 2. The Bertz CT molecular complexity index is 1330. The van der Waals surface area contributed by atoms with Crippen molar-refractivity contribution in [1.82, 2.24) is 10.5 Å². The van der Waals surface area contributed by atoms with E-state index in [0.29, 0.717) is 23.5 Å². The monoisotopic (exact) mass is 544 g/mol. The topological polar surface area (TPSA) is 111 Å². The standard InChI is InChI=1S/C28H31F3N4O4/c1-4-23-22(15-39-34-23)26(36)33-25(19-5-9-20(10-6-19)28(29,30)31)27(37)32-21-11-7-18(8-12-21)24-16(2)13-14-35(38)17(24)3/h7-8,11-15,19-20,25H,4-6,9-10H2,1-3H3,(H,32,37)(H,33,36). The average molecular weight is 545 g/mol. The van der Waals surface area contributed by atoms with Crippen molar-refractivity contribution in [2.75, 3.05) is 5.32 Å². The van der Waals surface area contributed by atoms with Crippen molar-refractivity contribution >= 4 is 17.5 Å². The van der Waals surface area contributed by atoms with E-state index in [9.17, 15) is 28.0 Å². The molecule has 3 aromatic rings. The number of halogens is 3. The number of carbonyl (C=O) groups is 2. The van der Waals surface area contributed by atoms with E-state index in [1.54, 1.807) is 44.2 Å². The van der Waals surface area contributed by atoms with Crippen molar-refractivity contribution in [1.29, 1.82) is 0 Å². The summed E-state index contributed by atoms with van der Waals surface area (Å²) in [5, 5.41) is 21.4. The van der Waals surface area contributed by atoms with Gasteiger partial charge in [-0.05, 0) is 68.2 Å². The van der Waals surface area contributed by atoms with Gasteiger partial charge >= 0.3 is 6.18 Å². The number of benzene rings is 1. The molecule has 0 aliphatic heterocycles. The Balaban J connectivity index is 1.54. The van der Waals surface area contributed by atoms with Gasteiger partial charge in [0.2, 0.25) is 5.91 Å². The number of alkyl halides is 3. The predicted octanol–water partition coefficient (Wildman–Crippen LogP) is 5.26. The lowest BCUT2D eigenvalue weighted by Crippen LogP contribution is -2.50. The molecule has 0 radical (unpaired) electrons. The first-order valence-corrected chi connectivity index (χ1v) is 12.9. The van der Waals surface area contributed by atoms with Crippen LogP contribution >= 0.6 is 0 Å². The fourth-order valence-electron chi connectivity index (χ4n) is 5.24. The van der Waals surface area contributed by atoms with Gasteiger partial charge in [-0.3, -0.25) is 9.59 Å². The SMILES string of the molecule is CCc1nocc1C(=O)NC(C(=O)Nc1ccc(-c2c(C)cc[n+]([O-])c2C)cc1)C1CCC(C(F)(F)F)CC1. The zero-order valence-corrected chi connectivity index (χ0v) is 22.0. The minimum atomic E-state index is -4.28. The molecule has 1 fully saturated rings. The molecule has 208 valence electrons. The maximum atomic E-state index is 13.4. The number of hydrogen-bond acceptors (Lipinski definition) is 5. The zero-order valence-electron chi connectivity index (χ0n) is 22.0. The van der Waals surface area contributed by atoms with Crippen molar-refractivity contribution in [3.8, 4) is 11.1 Å². The average Bonchev–Trinajstić information content (AvgIpc) is 3.39. The second-order valence-electron chi connectivity index (χ2n) is 9.98. The van der Waals surface area contributed by atoms with E-state index >= 15 is 0 Å². The highest BCUT2D eigenvalue weighted by Crippen LogP contribution is 2.40. The zero-order chi connectivity index (χ0) is 28.3. The van der Waals surface area contributed by atoms with Crippen LogP contribution in [0.3, 0.4) is 0 Å². The van der Waals surface area contributed by atoms with E-state index in [1.807, 2.05) is 6.92 Å². The number of nitrogens with zero attached hydrogens (tertiary/aromatic N) is 2. The number of nitrogens with one attached hydrogen (secondary N) is 2. The maximum Gasteiger partial charge on any atom is 0.391 e. The number of amides is 2. The van der Waals surface area contributed by atoms with Crippen molar-refractivity contribution < 1.29 is 32.0 Å². The summed E-state index contributed by atoms with van der Waals surface area (Å²) in [6.45, 7) is 5.43. The fraction of sp³-hybridized carbons (Fsp3) is 0.429. The highest BCUT2D eigenvalue weighted by Gasteiger charge is 2.44. The summed E-state index contributed by atoms with van der Waals surface area (Å²) in [6.07, 6.45) is -1.12. The molecule has 0 bridgehead atoms. The van der Waals surface area contributed by atoms with E-state index in [1.165, 1.54) is 12.5 Å². The van der Waals surface area contributed by atoms with Crippen LogP contribution in [0.5, 0.6) is 0 Å². The molecule has 11 heteroatoms. The molecule has 1 aliphatic rings. The molecular formula is C28H31F3N4O4. The van der Waals surface area contributed by atoms with Gasteiger partial charge in [-0.2, -0.15) is 17.9 Å². The van der Waals surface area contributed by atoms with Gasteiger partial charge in [0.25, 0.3) is 5.91 Å². The largest absolute Gasteiger partial charge is 0.618 e. The van der Waals surface area contributed by atoms with Gasteiger partial charge in [-0.15, -0.1) is 0 Å². The molecule has 1 aromatic carbocycles. The molecular weight excluding hydrogens is 513 g/mol. The van der Waals surface area contributed by atoms with Crippen molar-refractivity contribution in [3.05, 3.63) is 70.5 Å². The van der Waals surface area contributed by atoms with Crippen LogP contribution in [0.1, 0.15) is 59.9 Å². The van der Waals surface area contributed by atoms with Gasteiger partial charge in [0.15, 0.2) is 11.9 Å². The first kappa shape index (κ1) is 28.1. The molecule has 0 spiro atoms. The number of hydrogen-bond donors (Lipinski definition) is 2. The van der Waals surface area contributed by atoms with Gasteiger partial charge < -0.3 is 20.4 Å². The second kappa shape index (κ2) is 11.5. The molecule has 2 aromatic heterocycles. The summed E-state index contributed by atoms with van der Waals surface area (Å²) in [6, 6.07) is 7.59. The van der Waals surface area contributed by atoms with Gasteiger partial charge in [0, 0.05) is 18.7 Å². The number of aromatic nitrogens is 2. The maximum absolute atomic E-state index is 13.4. The normalized spacial score (nSPS) is 18.4. The van der Waals surface area contributed by atoms with E-state index in [-0.39, 0.29) is 31.2 Å². The minimum absolute atomic E-state index is 0.106. The van der Waals surface area contributed by atoms with Gasteiger partial charge in [0.1, 0.15) is 17.9 Å². The van der Waals surface area contributed by atoms with Crippen LogP contribution in [0.25, 0.3) is 11.1 Å². The third-order valence-electron chi connectivity index (χ3n) is 7.49. The Morgan fingerprint density at radius 2 is 1.79 bits per heavy atom. The van der Waals surface area contributed by atoms with Gasteiger partial charge in [0.05, 0.1) is 17.2 Å². The Morgan fingerprint density at radius 1 is 1.13 bits per heavy atom. The Morgan fingerprint density at radius 3 is 2.41 bits per heavy atom. The molecule has 8 nitrogen and oxygen atoms in total. The Kier molecular flexibility index (Phi) is 8.27. The van der Waals surface area contributed by atoms with E-state index in [2.05, 4.69) is 15.8 Å². The van der Waals surface area contributed by atoms with Gasteiger partial charge in [-0.25, -0.2) is 0 Å². The molecule has 39 heavy (non-hydrogen) atoms. The highest BCUT2D eigenvalue weighted by atomic mass is 19.4.